The van der Waals surface area contributed by atoms with E-state index in [0.717, 1.165) is 12.8 Å². The first-order valence-electron chi connectivity index (χ1n) is 14.9. The Kier molecular flexibility index (Phi) is 27.0. The van der Waals surface area contributed by atoms with Crippen LogP contribution in [-0.2, 0) is 4.79 Å². The monoisotopic (exact) mass is 467 g/mol. The van der Waals surface area contributed by atoms with Gasteiger partial charge in [-0.25, -0.2) is 0 Å². The minimum atomic E-state index is 0.0242. The Bertz CT molecular complexity index is 340. The Morgan fingerprint density at radius 2 is 0.656 bits per heavy atom. The van der Waals surface area contributed by atoms with Crippen molar-refractivity contribution < 1.29 is 4.79 Å². The maximum atomic E-state index is 11.8. The lowest BCUT2D eigenvalue weighted by Gasteiger charge is -2.12. The molecule has 1 radical (unpaired) electrons. The van der Waals surface area contributed by atoms with E-state index < -0.39 is 0 Å². The second kappa shape index (κ2) is 27.1. The molecule has 0 fully saturated rings. The van der Waals surface area contributed by atoms with Crippen LogP contribution in [0.5, 0.6) is 0 Å². The lowest BCUT2D eigenvalue weighted by Crippen LogP contribution is -2.09. The van der Waals surface area contributed by atoms with E-state index in [0.29, 0.717) is 0 Å². The highest BCUT2D eigenvalue weighted by Crippen LogP contribution is 2.22. The van der Waals surface area contributed by atoms with Crippen molar-refractivity contribution in [3.8, 4) is 0 Å². The van der Waals surface area contributed by atoms with Crippen molar-refractivity contribution in [2.24, 2.45) is 5.92 Å². The van der Waals surface area contributed by atoms with Gasteiger partial charge in [-0.2, -0.15) is 0 Å². The van der Waals surface area contributed by atoms with Gasteiger partial charge in [0.25, 0.3) is 0 Å². The predicted molar refractivity (Wildman–Crippen MR) is 147 cm³/mol. The molecule has 1 nitrogen and oxygen atoms in total. The summed E-state index contributed by atoms with van der Waals surface area (Å²) in [5, 5.41) is 0.0242. The zero-order chi connectivity index (χ0) is 23.5. The third kappa shape index (κ3) is 24.5. The first kappa shape index (κ1) is 31.9. The molecule has 0 spiro atoms. The fraction of sp³-hybridized carbons (Fsp3) is 0.967. The molecule has 0 aromatic heterocycles. The van der Waals surface area contributed by atoms with E-state index in [1.807, 2.05) is 0 Å². The average molecular weight is 468 g/mol. The fourth-order valence-electron chi connectivity index (χ4n) is 4.84. The molecule has 32 heavy (non-hydrogen) atoms. The van der Waals surface area contributed by atoms with Crippen LogP contribution in [0.3, 0.4) is 0 Å². The van der Waals surface area contributed by atoms with Gasteiger partial charge in [0, 0.05) is 5.92 Å². The highest BCUT2D eigenvalue weighted by atomic mass is 32.1. The summed E-state index contributed by atoms with van der Waals surface area (Å²) >= 11 is 5.03. The van der Waals surface area contributed by atoms with Gasteiger partial charge in [0.2, 0.25) is 5.12 Å². The minimum absolute atomic E-state index is 0.0242. The van der Waals surface area contributed by atoms with Crippen LogP contribution in [0.4, 0.5) is 0 Å². The normalized spacial score (nSPS) is 11.5. The van der Waals surface area contributed by atoms with Crippen molar-refractivity contribution in [1.29, 1.82) is 0 Å². The SMILES string of the molecule is CCCCCCCCCCCCCCC(CCCCCCCCCCCCCC)C(=O)[S]. The number of carbonyl (C=O) groups excluding carboxylic acids is 1. The van der Waals surface area contributed by atoms with Crippen LogP contribution in [-0.4, -0.2) is 5.12 Å². The Balaban J connectivity index is 3.42. The number of carbonyl (C=O) groups is 1. The molecule has 0 saturated carbocycles. The summed E-state index contributed by atoms with van der Waals surface area (Å²) in [4.78, 5) is 11.8. The molecule has 2 heteroatoms. The van der Waals surface area contributed by atoms with E-state index in [1.165, 1.54) is 154 Å². The fourth-order valence-corrected chi connectivity index (χ4v) is 5.08. The lowest BCUT2D eigenvalue weighted by molar-refractivity contribution is -0.114. The highest BCUT2D eigenvalue weighted by Gasteiger charge is 2.15. The van der Waals surface area contributed by atoms with E-state index in [2.05, 4.69) is 13.8 Å². The summed E-state index contributed by atoms with van der Waals surface area (Å²) < 4.78 is 0. The smallest absolute Gasteiger partial charge is 0.221 e. The molecule has 0 aliphatic carbocycles. The maximum Gasteiger partial charge on any atom is 0.221 e. The Labute approximate surface area is 209 Å². The van der Waals surface area contributed by atoms with Gasteiger partial charge in [-0.1, -0.05) is 168 Å². The van der Waals surface area contributed by atoms with Crippen molar-refractivity contribution in [2.75, 3.05) is 0 Å². The topological polar surface area (TPSA) is 17.1 Å². The van der Waals surface area contributed by atoms with Crippen LogP contribution < -0.4 is 0 Å². The van der Waals surface area contributed by atoms with Crippen LogP contribution >= 0.6 is 12.6 Å². The van der Waals surface area contributed by atoms with Crippen LogP contribution in [0.25, 0.3) is 0 Å². The zero-order valence-corrected chi connectivity index (χ0v) is 23.1. The second-order valence-electron chi connectivity index (χ2n) is 10.4. The summed E-state index contributed by atoms with van der Waals surface area (Å²) in [6.07, 6.45) is 35.1. The van der Waals surface area contributed by atoms with E-state index in [4.69, 9.17) is 12.6 Å². The molecule has 0 heterocycles. The van der Waals surface area contributed by atoms with Gasteiger partial charge >= 0.3 is 0 Å². The molecular formula is C30H59OS. The van der Waals surface area contributed by atoms with Gasteiger partial charge in [0.15, 0.2) is 0 Å². The minimum Gasteiger partial charge on any atom is -0.282 e. The Morgan fingerprint density at radius 1 is 0.438 bits per heavy atom. The maximum absolute atomic E-state index is 11.8. The second-order valence-corrected chi connectivity index (χ2v) is 10.8. The van der Waals surface area contributed by atoms with Gasteiger partial charge < -0.3 is 0 Å². The average Bonchev–Trinajstić information content (AvgIpc) is 2.78. The van der Waals surface area contributed by atoms with Crippen LogP contribution in [0.1, 0.15) is 181 Å². The summed E-state index contributed by atoms with van der Waals surface area (Å²) in [5.74, 6) is 0.163. The molecular weight excluding hydrogens is 408 g/mol. The van der Waals surface area contributed by atoms with Crippen molar-refractivity contribution in [2.45, 2.75) is 181 Å². The molecule has 0 amide bonds. The molecule has 0 saturated heterocycles. The van der Waals surface area contributed by atoms with Crippen molar-refractivity contribution in [3.63, 3.8) is 0 Å². The molecule has 0 bridgehead atoms. The summed E-state index contributed by atoms with van der Waals surface area (Å²) in [7, 11) is 0. The van der Waals surface area contributed by atoms with E-state index in [-0.39, 0.29) is 11.0 Å². The van der Waals surface area contributed by atoms with Gasteiger partial charge in [-0.3, -0.25) is 4.79 Å². The molecule has 0 unspecified atom stereocenters. The summed E-state index contributed by atoms with van der Waals surface area (Å²) in [6.45, 7) is 4.57. The van der Waals surface area contributed by atoms with Gasteiger partial charge in [0.05, 0.1) is 0 Å². The molecule has 191 valence electrons. The number of hydrogen-bond acceptors (Lipinski definition) is 1. The van der Waals surface area contributed by atoms with Gasteiger partial charge in [-0.15, -0.1) is 0 Å². The molecule has 0 aliphatic rings. The predicted octanol–water partition coefficient (Wildman–Crippen LogP) is 11.5. The van der Waals surface area contributed by atoms with E-state index >= 15 is 0 Å². The quantitative estimate of drug-likeness (QED) is 0.110. The first-order valence-corrected chi connectivity index (χ1v) is 15.3. The molecule has 0 aliphatic heterocycles. The third-order valence-corrected chi connectivity index (χ3v) is 7.48. The number of hydrogen-bond donors (Lipinski definition) is 0. The number of unbranched alkanes of at least 4 members (excludes halogenated alkanes) is 22. The molecule has 0 atom stereocenters. The standard InChI is InChI=1S/C30H59OS/c1-3-5-7-9-11-13-15-17-19-21-23-25-27-29(30(31)32)28-26-24-22-20-18-16-14-12-10-8-6-4-2/h29H,3-28H2,1-2H3. The molecule has 0 aromatic carbocycles. The van der Waals surface area contributed by atoms with Gasteiger partial charge in [-0.05, 0) is 25.5 Å². The van der Waals surface area contributed by atoms with Crippen LogP contribution in [0.2, 0.25) is 0 Å². The van der Waals surface area contributed by atoms with Crippen molar-refractivity contribution >= 4 is 17.7 Å². The van der Waals surface area contributed by atoms with Crippen molar-refractivity contribution in [1.82, 2.24) is 0 Å². The molecule has 0 aromatic rings. The third-order valence-electron chi connectivity index (χ3n) is 7.15. The van der Waals surface area contributed by atoms with Crippen LogP contribution in [0, 0.1) is 5.92 Å². The summed E-state index contributed by atoms with van der Waals surface area (Å²) in [6, 6.07) is 0. The zero-order valence-electron chi connectivity index (χ0n) is 22.3. The number of rotatable bonds is 27. The van der Waals surface area contributed by atoms with E-state index in [9.17, 15) is 4.79 Å². The van der Waals surface area contributed by atoms with Crippen molar-refractivity contribution in [3.05, 3.63) is 0 Å². The molecule has 0 rings (SSSR count). The summed E-state index contributed by atoms with van der Waals surface area (Å²) in [5.41, 5.74) is 0. The Morgan fingerprint density at radius 3 is 0.875 bits per heavy atom. The largest absolute Gasteiger partial charge is 0.282 e. The van der Waals surface area contributed by atoms with Gasteiger partial charge in [0.1, 0.15) is 0 Å². The van der Waals surface area contributed by atoms with E-state index in [1.54, 1.807) is 0 Å². The lowest BCUT2D eigenvalue weighted by atomic mass is 9.95. The van der Waals surface area contributed by atoms with Crippen LogP contribution in [0.15, 0.2) is 0 Å². The molecule has 0 N–H and O–H groups in total. The Hall–Kier alpha value is -0.110. The highest BCUT2D eigenvalue weighted by molar-refractivity contribution is 7.96. The first-order chi connectivity index (χ1) is 15.7.